The molecule has 0 aliphatic rings. The van der Waals surface area contributed by atoms with Crippen LogP contribution in [0.2, 0.25) is 0 Å². The normalized spacial score (nSPS) is 12.0. The molecule has 20 heavy (non-hydrogen) atoms. The average molecular weight is 279 g/mol. The van der Waals surface area contributed by atoms with E-state index in [2.05, 4.69) is 4.98 Å². The van der Waals surface area contributed by atoms with Crippen molar-refractivity contribution < 1.29 is 19.1 Å². The predicted octanol–water partition coefficient (Wildman–Crippen LogP) is 2.67. The van der Waals surface area contributed by atoms with Crippen molar-refractivity contribution >= 4 is 11.9 Å². The van der Waals surface area contributed by atoms with Gasteiger partial charge in [-0.15, -0.1) is 0 Å². The Bertz CT molecular complexity index is 431. The number of pyridine rings is 1. The number of nitrogens with zero attached hydrogens (tertiary/aromatic N) is 1. The summed E-state index contributed by atoms with van der Waals surface area (Å²) in [5.74, 6) is -1.28. The van der Waals surface area contributed by atoms with Crippen LogP contribution in [0.15, 0.2) is 24.5 Å². The molecule has 1 heterocycles. The minimum Gasteiger partial charge on any atom is -0.463 e. The first-order chi connectivity index (χ1) is 9.56. The molecule has 0 radical (unpaired) electrons. The Morgan fingerprint density at radius 2 is 1.85 bits per heavy atom. The average Bonchev–Trinajstić information content (AvgIpc) is 2.45. The highest BCUT2D eigenvalue weighted by Crippen LogP contribution is 2.20. The van der Waals surface area contributed by atoms with Gasteiger partial charge in [0.2, 0.25) is 6.10 Å². The second-order valence-corrected chi connectivity index (χ2v) is 4.77. The quantitative estimate of drug-likeness (QED) is 0.567. The van der Waals surface area contributed by atoms with Crippen LogP contribution in [0.25, 0.3) is 0 Å². The Kier molecular flexibility index (Phi) is 6.70. The summed E-state index contributed by atoms with van der Waals surface area (Å²) in [6, 6.07) is 3.28. The molecule has 0 N–H and O–H groups in total. The van der Waals surface area contributed by atoms with Crippen LogP contribution in [0.3, 0.4) is 0 Å². The van der Waals surface area contributed by atoms with E-state index >= 15 is 0 Å². The molecule has 0 aliphatic carbocycles. The van der Waals surface area contributed by atoms with Crippen molar-refractivity contribution in [2.45, 2.75) is 39.7 Å². The first-order valence-electron chi connectivity index (χ1n) is 6.83. The van der Waals surface area contributed by atoms with Gasteiger partial charge in [0.1, 0.15) is 0 Å². The molecule has 5 heteroatoms. The van der Waals surface area contributed by atoms with E-state index in [1.165, 1.54) is 0 Å². The van der Waals surface area contributed by atoms with E-state index in [1.54, 1.807) is 38.4 Å². The van der Waals surface area contributed by atoms with Crippen LogP contribution in [-0.2, 0) is 19.1 Å². The Balaban J connectivity index is 2.79. The third-order valence-corrected chi connectivity index (χ3v) is 2.67. The van der Waals surface area contributed by atoms with Gasteiger partial charge >= 0.3 is 11.9 Å². The number of rotatable bonds is 7. The fraction of sp³-hybridized carbons (Fsp3) is 0.533. The molecule has 5 nitrogen and oxygen atoms in total. The van der Waals surface area contributed by atoms with E-state index in [9.17, 15) is 9.59 Å². The lowest BCUT2D eigenvalue weighted by Crippen LogP contribution is -2.24. The fourth-order valence-electron chi connectivity index (χ4n) is 1.44. The molecule has 110 valence electrons. The minimum absolute atomic E-state index is 0.303. The first-order valence-corrected chi connectivity index (χ1v) is 6.83. The maximum atomic E-state index is 12.1. The predicted molar refractivity (Wildman–Crippen MR) is 73.8 cm³/mol. The molecule has 0 aliphatic heterocycles. The fourth-order valence-corrected chi connectivity index (χ4v) is 1.44. The molecule has 1 aromatic heterocycles. The number of aromatic nitrogens is 1. The zero-order valence-electron chi connectivity index (χ0n) is 12.2. The number of unbranched alkanes of at least 4 members (excludes halogenated alkanes) is 1. The minimum atomic E-state index is -1.02. The molecule has 0 amide bonds. The maximum Gasteiger partial charge on any atom is 0.352 e. The van der Waals surface area contributed by atoms with E-state index in [0.717, 1.165) is 12.8 Å². The lowest BCUT2D eigenvalue weighted by molar-refractivity contribution is -0.170. The van der Waals surface area contributed by atoms with Gasteiger partial charge in [0.25, 0.3) is 0 Å². The Morgan fingerprint density at radius 3 is 2.40 bits per heavy atom. The van der Waals surface area contributed by atoms with Crippen LogP contribution in [0.4, 0.5) is 0 Å². The van der Waals surface area contributed by atoms with Crippen molar-refractivity contribution in [2.75, 3.05) is 6.61 Å². The number of hydrogen-bond acceptors (Lipinski definition) is 5. The highest BCUT2D eigenvalue weighted by molar-refractivity contribution is 5.81. The monoisotopic (exact) mass is 279 g/mol. The smallest absolute Gasteiger partial charge is 0.352 e. The molecule has 1 rings (SSSR count). The Labute approximate surface area is 119 Å². The van der Waals surface area contributed by atoms with Crippen LogP contribution < -0.4 is 0 Å². The SMILES string of the molecule is CCCCOC(=O)C(OC(=O)C(C)C)c1ccncc1. The van der Waals surface area contributed by atoms with E-state index in [0.29, 0.717) is 12.2 Å². The zero-order chi connectivity index (χ0) is 15.0. The van der Waals surface area contributed by atoms with Crippen molar-refractivity contribution in [3.05, 3.63) is 30.1 Å². The summed E-state index contributed by atoms with van der Waals surface area (Å²) >= 11 is 0. The summed E-state index contributed by atoms with van der Waals surface area (Å²) in [7, 11) is 0. The lowest BCUT2D eigenvalue weighted by Gasteiger charge is -2.18. The van der Waals surface area contributed by atoms with Gasteiger partial charge < -0.3 is 9.47 Å². The van der Waals surface area contributed by atoms with Gasteiger partial charge in [-0.1, -0.05) is 27.2 Å². The highest BCUT2D eigenvalue weighted by atomic mass is 16.6. The van der Waals surface area contributed by atoms with E-state index in [4.69, 9.17) is 9.47 Å². The van der Waals surface area contributed by atoms with Gasteiger partial charge in [0.15, 0.2) is 0 Å². The Hall–Kier alpha value is -1.91. The molecular weight excluding hydrogens is 258 g/mol. The molecule has 1 atom stereocenters. The maximum absolute atomic E-state index is 12.1. The number of carbonyl (C=O) groups excluding carboxylic acids is 2. The lowest BCUT2D eigenvalue weighted by atomic mass is 10.1. The molecule has 0 saturated carbocycles. The van der Waals surface area contributed by atoms with E-state index in [1.807, 2.05) is 6.92 Å². The summed E-state index contributed by atoms with van der Waals surface area (Å²) in [5, 5.41) is 0. The second-order valence-electron chi connectivity index (χ2n) is 4.77. The number of carbonyl (C=O) groups is 2. The standard InChI is InChI=1S/C15H21NO4/c1-4-5-10-19-15(18)13(20-14(17)11(2)3)12-6-8-16-9-7-12/h6-9,11,13H,4-5,10H2,1-3H3. The van der Waals surface area contributed by atoms with Crippen molar-refractivity contribution in [1.82, 2.24) is 4.98 Å². The topological polar surface area (TPSA) is 65.5 Å². The van der Waals surface area contributed by atoms with Crippen LogP contribution in [0, 0.1) is 5.92 Å². The van der Waals surface area contributed by atoms with Crippen LogP contribution in [0.5, 0.6) is 0 Å². The second kappa shape index (κ2) is 8.30. The molecule has 1 aromatic rings. The van der Waals surface area contributed by atoms with E-state index < -0.39 is 18.0 Å². The molecular formula is C15H21NO4. The molecule has 0 aromatic carbocycles. The summed E-state index contributed by atoms with van der Waals surface area (Å²) in [4.78, 5) is 27.7. The van der Waals surface area contributed by atoms with Crippen LogP contribution in [0.1, 0.15) is 45.3 Å². The zero-order valence-corrected chi connectivity index (χ0v) is 12.2. The summed E-state index contributed by atoms with van der Waals surface area (Å²) in [6.45, 7) is 5.77. The summed E-state index contributed by atoms with van der Waals surface area (Å²) in [6.07, 6.45) is 3.78. The summed E-state index contributed by atoms with van der Waals surface area (Å²) < 4.78 is 10.4. The number of esters is 2. The van der Waals surface area contributed by atoms with Crippen LogP contribution in [-0.4, -0.2) is 23.5 Å². The first kappa shape index (κ1) is 16.1. The van der Waals surface area contributed by atoms with Crippen LogP contribution >= 0.6 is 0 Å². The van der Waals surface area contributed by atoms with Gasteiger partial charge in [-0.25, -0.2) is 4.79 Å². The van der Waals surface area contributed by atoms with Gasteiger partial charge in [0.05, 0.1) is 12.5 Å². The highest BCUT2D eigenvalue weighted by Gasteiger charge is 2.27. The van der Waals surface area contributed by atoms with Gasteiger partial charge in [0, 0.05) is 18.0 Å². The van der Waals surface area contributed by atoms with Gasteiger partial charge in [-0.3, -0.25) is 9.78 Å². The third-order valence-electron chi connectivity index (χ3n) is 2.67. The van der Waals surface area contributed by atoms with Gasteiger partial charge in [-0.05, 0) is 18.6 Å². The van der Waals surface area contributed by atoms with E-state index in [-0.39, 0.29) is 5.92 Å². The summed E-state index contributed by atoms with van der Waals surface area (Å²) in [5.41, 5.74) is 0.565. The molecule has 0 spiro atoms. The van der Waals surface area contributed by atoms with Crippen molar-refractivity contribution in [3.8, 4) is 0 Å². The van der Waals surface area contributed by atoms with Gasteiger partial charge in [-0.2, -0.15) is 0 Å². The third kappa shape index (κ3) is 4.99. The number of hydrogen-bond donors (Lipinski definition) is 0. The Morgan fingerprint density at radius 1 is 1.20 bits per heavy atom. The van der Waals surface area contributed by atoms with Crippen molar-refractivity contribution in [3.63, 3.8) is 0 Å². The molecule has 0 saturated heterocycles. The van der Waals surface area contributed by atoms with Crippen molar-refractivity contribution in [1.29, 1.82) is 0 Å². The molecule has 1 unspecified atom stereocenters. The largest absolute Gasteiger partial charge is 0.463 e. The van der Waals surface area contributed by atoms with Crippen molar-refractivity contribution in [2.24, 2.45) is 5.92 Å². The molecule has 0 bridgehead atoms. The molecule has 0 fully saturated rings. The number of ether oxygens (including phenoxy) is 2.